The van der Waals surface area contributed by atoms with Gasteiger partial charge in [-0.1, -0.05) is 11.6 Å². The minimum Gasteiger partial charge on any atom is -0.481 e. The summed E-state index contributed by atoms with van der Waals surface area (Å²) in [5.41, 5.74) is 0.196. The molecule has 1 amide bonds. The molecule has 0 aliphatic carbocycles. The fraction of sp³-hybridized carbons (Fsp3) is 0.111. The van der Waals surface area contributed by atoms with Crippen molar-refractivity contribution in [2.45, 2.75) is 0 Å². The monoisotopic (exact) mass is 227 g/mol. The highest BCUT2D eigenvalue weighted by Gasteiger charge is 2.24. The molecule has 0 fully saturated rings. The van der Waals surface area contributed by atoms with Gasteiger partial charge in [-0.25, -0.2) is 4.79 Å². The Labute approximate surface area is 89.6 Å². The van der Waals surface area contributed by atoms with E-state index in [-0.39, 0.29) is 28.8 Å². The molecular weight excluding hydrogens is 222 g/mol. The van der Waals surface area contributed by atoms with Crippen LogP contribution in [0.25, 0.3) is 0 Å². The maximum Gasteiger partial charge on any atom is 0.341 e. The number of hydrogen-bond donors (Lipinski definition) is 2. The quantitative estimate of drug-likeness (QED) is 0.760. The van der Waals surface area contributed by atoms with Gasteiger partial charge in [0, 0.05) is 0 Å². The summed E-state index contributed by atoms with van der Waals surface area (Å²) in [7, 11) is 0. The highest BCUT2D eigenvalue weighted by atomic mass is 35.5. The molecular formula is C9H6ClNO4. The summed E-state index contributed by atoms with van der Waals surface area (Å²) in [6.45, 7) is -0.201. The van der Waals surface area contributed by atoms with Gasteiger partial charge in [0.2, 0.25) is 0 Å². The predicted octanol–water partition coefficient (Wildman–Crippen LogP) is 1.37. The van der Waals surface area contributed by atoms with Crippen molar-refractivity contribution in [3.05, 3.63) is 22.7 Å². The van der Waals surface area contributed by atoms with E-state index in [0.717, 1.165) is 0 Å². The van der Waals surface area contributed by atoms with Crippen molar-refractivity contribution in [1.29, 1.82) is 0 Å². The van der Waals surface area contributed by atoms with Gasteiger partial charge in [0.1, 0.15) is 5.56 Å². The largest absolute Gasteiger partial charge is 0.481 e. The third-order valence-corrected chi connectivity index (χ3v) is 2.26. The minimum atomic E-state index is -1.19. The van der Waals surface area contributed by atoms with E-state index in [1.165, 1.54) is 12.1 Å². The zero-order valence-corrected chi connectivity index (χ0v) is 8.17. The Bertz CT molecular complexity index is 458. The second-order valence-corrected chi connectivity index (χ2v) is 3.35. The van der Waals surface area contributed by atoms with Crippen LogP contribution in [0.5, 0.6) is 5.75 Å². The second-order valence-electron chi connectivity index (χ2n) is 2.94. The number of carbonyl (C=O) groups is 2. The molecule has 0 spiro atoms. The number of carbonyl (C=O) groups excluding carboxylic acids is 1. The van der Waals surface area contributed by atoms with Crippen molar-refractivity contribution in [3.8, 4) is 5.75 Å². The summed E-state index contributed by atoms with van der Waals surface area (Å²) in [6, 6.07) is 2.90. The molecule has 5 nitrogen and oxygen atoms in total. The van der Waals surface area contributed by atoms with Crippen LogP contribution >= 0.6 is 11.6 Å². The number of amides is 1. The third kappa shape index (κ3) is 1.61. The number of fused-ring (bicyclic) bond motifs is 1. The number of hydrogen-bond acceptors (Lipinski definition) is 3. The summed E-state index contributed by atoms with van der Waals surface area (Å²) >= 11 is 5.72. The van der Waals surface area contributed by atoms with Crippen LogP contribution in [0.1, 0.15) is 10.4 Å². The molecule has 78 valence electrons. The fourth-order valence-electron chi connectivity index (χ4n) is 1.33. The standard InChI is InChI=1S/C9H6ClNO4/c10-4-1-2-5-8(7(4)9(13)14)15-3-6(12)11-5/h1-2H,3H2,(H,11,12)(H,13,14). The van der Waals surface area contributed by atoms with Crippen molar-refractivity contribution in [1.82, 2.24) is 0 Å². The van der Waals surface area contributed by atoms with Gasteiger partial charge in [0.05, 0.1) is 10.7 Å². The number of anilines is 1. The van der Waals surface area contributed by atoms with Crippen molar-refractivity contribution >= 4 is 29.2 Å². The number of ether oxygens (including phenoxy) is 1. The Hall–Kier alpha value is -1.75. The van der Waals surface area contributed by atoms with Gasteiger partial charge in [-0.05, 0) is 12.1 Å². The average molecular weight is 228 g/mol. The fourth-order valence-corrected chi connectivity index (χ4v) is 1.56. The van der Waals surface area contributed by atoms with Crippen molar-refractivity contribution < 1.29 is 19.4 Å². The Morgan fingerprint density at radius 2 is 2.27 bits per heavy atom. The Morgan fingerprint density at radius 3 is 2.93 bits per heavy atom. The molecule has 0 unspecified atom stereocenters. The molecule has 0 saturated carbocycles. The maximum absolute atomic E-state index is 11.0. The number of carboxylic acid groups (broad SMARTS) is 1. The van der Waals surface area contributed by atoms with E-state index < -0.39 is 5.97 Å². The van der Waals surface area contributed by atoms with E-state index in [4.69, 9.17) is 21.4 Å². The van der Waals surface area contributed by atoms with Crippen LogP contribution in [-0.2, 0) is 4.79 Å². The van der Waals surface area contributed by atoms with Crippen molar-refractivity contribution in [2.24, 2.45) is 0 Å². The number of nitrogens with one attached hydrogen (secondary N) is 1. The molecule has 1 aromatic rings. The summed E-state index contributed by atoms with van der Waals surface area (Å²) in [6.07, 6.45) is 0. The average Bonchev–Trinajstić information content (AvgIpc) is 2.17. The number of halogens is 1. The molecule has 0 saturated heterocycles. The van der Waals surface area contributed by atoms with E-state index in [1.54, 1.807) is 0 Å². The molecule has 0 atom stereocenters. The van der Waals surface area contributed by atoms with Gasteiger partial charge in [-0.15, -0.1) is 0 Å². The van der Waals surface area contributed by atoms with E-state index in [1.807, 2.05) is 0 Å². The molecule has 0 radical (unpaired) electrons. The summed E-state index contributed by atoms with van der Waals surface area (Å²) in [5.74, 6) is -1.40. The van der Waals surface area contributed by atoms with Crippen molar-refractivity contribution in [3.63, 3.8) is 0 Å². The lowest BCUT2D eigenvalue weighted by molar-refractivity contribution is -0.118. The molecule has 15 heavy (non-hydrogen) atoms. The minimum absolute atomic E-state index is 0.0809. The molecule has 6 heteroatoms. The molecule has 0 aromatic heterocycles. The first-order valence-corrected chi connectivity index (χ1v) is 4.46. The van der Waals surface area contributed by atoms with E-state index in [0.29, 0.717) is 5.69 Å². The normalized spacial score (nSPS) is 13.8. The number of benzene rings is 1. The number of aromatic carboxylic acids is 1. The lowest BCUT2D eigenvalue weighted by Crippen LogP contribution is -2.26. The van der Waals surface area contributed by atoms with Gasteiger partial charge in [-0.2, -0.15) is 0 Å². The first-order chi connectivity index (χ1) is 7.09. The van der Waals surface area contributed by atoms with E-state index in [9.17, 15) is 9.59 Å². The lowest BCUT2D eigenvalue weighted by atomic mass is 10.1. The van der Waals surface area contributed by atoms with Gasteiger partial charge >= 0.3 is 5.97 Å². The van der Waals surface area contributed by atoms with Crippen LogP contribution in [-0.4, -0.2) is 23.6 Å². The number of carboxylic acids is 1. The van der Waals surface area contributed by atoms with Crippen LogP contribution in [0, 0.1) is 0 Å². The molecule has 1 heterocycles. The zero-order valence-electron chi connectivity index (χ0n) is 7.41. The maximum atomic E-state index is 11.0. The highest BCUT2D eigenvalue weighted by molar-refractivity contribution is 6.34. The highest BCUT2D eigenvalue weighted by Crippen LogP contribution is 2.36. The van der Waals surface area contributed by atoms with E-state index >= 15 is 0 Å². The Morgan fingerprint density at radius 1 is 1.53 bits per heavy atom. The molecule has 2 rings (SSSR count). The third-order valence-electron chi connectivity index (χ3n) is 1.94. The van der Waals surface area contributed by atoms with E-state index in [2.05, 4.69) is 5.32 Å². The first-order valence-electron chi connectivity index (χ1n) is 4.08. The van der Waals surface area contributed by atoms with Crippen LogP contribution in [0.3, 0.4) is 0 Å². The second kappa shape index (κ2) is 3.43. The van der Waals surface area contributed by atoms with Gasteiger partial charge < -0.3 is 15.2 Å². The van der Waals surface area contributed by atoms with Gasteiger partial charge in [-0.3, -0.25) is 4.79 Å². The topological polar surface area (TPSA) is 75.6 Å². The lowest BCUT2D eigenvalue weighted by Gasteiger charge is -2.19. The predicted molar refractivity (Wildman–Crippen MR) is 52.5 cm³/mol. The Balaban J connectivity index is 2.60. The van der Waals surface area contributed by atoms with Gasteiger partial charge in [0.15, 0.2) is 12.4 Å². The molecule has 2 N–H and O–H groups in total. The molecule has 1 aliphatic heterocycles. The Kier molecular flexibility index (Phi) is 2.24. The number of rotatable bonds is 1. The SMILES string of the molecule is O=C1COc2c(ccc(Cl)c2C(=O)O)N1. The van der Waals surface area contributed by atoms with Crippen LogP contribution in [0.4, 0.5) is 5.69 Å². The zero-order chi connectivity index (χ0) is 11.0. The van der Waals surface area contributed by atoms with Crippen LogP contribution in [0.2, 0.25) is 5.02 Å². The first kappa shape index (κ1) is 9.79. The van der Waals surface area contributed by atoms with Gasteiger partial charge in [0.25, 0.3) is 5.91 Å². The van der Waals surface area contributed by atoms with Crippen molar-refractivity contribution in [2.75, 3.05) is 11.9 Å². The summed E-state index contributed by atoms with van der Waals surface area (Å²) in [4.78, 5) is 21.9. The molecule has 1 aliphatic rings. The smallest absolute Gasteiger partial charge is 0.341 e. The molecule has 1 aromatic carbocycles. The molecule has 0 bridgehead atoms. The summed E-state index contributed by atoms with van der Waals surface area (Å²) in [5, 5.41) is 11.5. The van der Waals surface area contributed by atoms with Crippen LogP contribution in [0.15, 0.2) is 12.1 Å². The van der Waals surface area contributed by atoms with Crippen LogP contribution < -0.4 is 10.1 Å². The summed E-state index contributed by atoms with van der Waals surface area (Å²) < 4.78 is 5.03.